The van der Waals surface area contributed by atoms with Crippen LogP contribution in [0.4, 0.5) is 0 Å². The minimum atomic E-state index is 0.626. The lowest BCUT2D eigenvalue weighted by Gasteiger charge is -2.18. The molecule has 0 aliphatic carbocycles. The number of benzene rings is 1. The van der Waals surface area contributed by atoms with Crippen molar-refractivity contribution in [1.29, 1.82) is 0 Å². The van der Waals surface area contributed by atoms with Gasteiger partial charge in [-0.2, -0.15) is 0 Å². The Morgan fingerprint density at radius 3 is 2.60 bits per heavy atom. The fourth-order valence-electron chi connectivity index (χ4n) is 2.25. The van der Waals surface area contributed by atoms with E-state index in [2.05, 4.69) is 45.5 Å². The van der Waals surface area contributed by atoms with Crippen LogP contribution in [0.15, 0.2) is 28.7 Å². The van der Waals surface area contributed by atoms with Crippen molar-refractivity contribution in [3.8, 4) is 0 Å². The molecule has 4 heteroatoms. The summed E-state index contributed by atoms with van der Waals surface area (Å²) in [6.07, 6.45) is 3.37. The zero-order valence-electron chi connectivity index (χ0n) is 12.5. The van der Waals surface area contributed by atoms with Gasteiger partial charge >= 0.3 is 0 Å². The van der Waals surface area contributed by atoms with Gasteiger partial charge in [-0.3, -0.25) is 0 Å². The summed E-state index contributed by atoms with van der Waals surface area (Å²) in [5.74, 6) is 0.626. The van der Waals surface area contributed by atoms with Gasteiger partial charge in [0.05, 0.1) is 6.61 Å². The summed E-state index contributed by atoms with van der Waals surface area (Å²) in [6, 6.07) is 8.47. The van der Waals surface area contributed by atoms with Gasteiger partial charge in [0.1, 0.15) is 0 Å². The predicted octanol–water partition coefficient (Wildman–Crippen LogP) is 3.27. The summed E-state index contributed by atoms with van der Waals surface area (Å²) < 4.78 is 11.4. The third-order valence-corrected chi connectivity index (χ3v) is 4.12. The van der Waals surface area contributed by atoms with Crippen molar-refractivity contribution in [3.05, 3.63) is 34.3 Å². The van der Waals surface area contributed by atoms with E-state index in [1.165, 1.54) is 16.5 Å². The van der Waals surface area contributed by atoms with E-state index in [1.807, 2.05) is 0 Å². The normalized spacial score (nSPS) is 12.6. The Kier molecular flexibility index (Phi) is 9.93. The van der Waals surface area contributed by atoms with Gasteiger partial charge in [-0.25, -0.2) is 0 Å². The molecule has 0 amide bonds. The zero-order chi connectivity index (χ0) is 14.6. The number of nitrogens with one attached hydrogen (secondary N) is 1. The monoisotopic (exact) mass is 343 g/mol. The first-order valence-electron chi connectivity index (χ1n) is 7.20. The Balaban J connectivity index is 2.46. The summed E-state index contributed by atoms with van der Waals surface area (Å²) in [5, 5.41) is 3.47. The van der Waals surface area contributed by atoms with Gasteiger partial charge in [-0.15, -0.1) is 0 Å². The number of halogens is 1. The Bertz CT molecular complexity index is 360. The number of hydrogen-bond donors (Lipinski definition) is 1. The van der Waals surface area contributed by atoms with Crippen LogP contribution in [0.2, 0.25) is 0 Å². The smallest absolute Gasteiger partial charge is 0.0587 e. The molecule has 1 unspecified atom stereocenters. The van der Waals surface area contributed by atoms with Crippen molar-refractivity contribution >= 4 is 15.9 Å². The van der Waals surface area contributed by atoms with Crippen LogP contribution in [0.3, 0.4) is 0 Å². The molecule has 0 fully saturated rings. The maximum absolute atomic E-state index is 5.16. The van der Waals surface area contributed by atoms with Crippen LogP contribution >= 0.6 is 15.9 Å². The van der Waals surface area contributed by atoms with Crippen LogP contribution in [0.1, 0.15) is 18.4 Å². The average molecular weight is 344 g/mol. The van der Waals surface area contributed by atoms with Crippen molar-refractivity contribution in [2.24, 2.45) is 5.92 Å². The first-order chi connectivity index (χ1) is 9.77. The molecule has 1 aromatic carbocycles. The van der Waals surface area contributed by atoms with Gasteiger partial charge in [0.15, 0.2) is 0 Å². The predicted molar refractivity (Wildman–Crippen MR) is 87.2 cm³/mol. The summed E-state index contributed by atoms with van der Waals surface area (Å²) in [7, 11) is 3.50. The van der Waals surface area contributed by atoms with Crippen LogP contribution in [0.25, 0.3) is 0 Å². The average Bonchev–Trinajstić information content (AvgIpc) is 2.46. The first-order valence-corrected chi connectivity index (χ1v) is 7.99. The Morgan fingerprint density at radius 2 is 1.90 bits per heavy atom. The Labute approximate surface area is 131 Å². The summed E-state index contributed by atoms with van der Waals surface area (Å²) in [4.78, 5) is 0. The fraction of sp³-hybridized carbons (Fsp3) is 0.625. The van der Waals surface area contributed by atoms with Gasteiger partial charge in [-0.05, 0) is 43.4 Å². The standard InChI is InChI=1S/C16H26BrNO2/c1-19-10-5-6-14(13-18-9-11-20-2)12-15-7-3-4-8-16(15)17/h3-4,7-8,14,18H,5-6,9-13H2,1-2H3. The van der Waals surface area contributed by atoms with Gasteiger partial charge < -0.3 is 14.8 Å². The van der Waals surface area contributed by atoms with Crippen LogP contribution in [0.5, 0.6) is 0 Å². The molecule has 1 rings (SSSR count). The maximum atomic E-state index is 5.16. The van der Waals surface area contributed by atoms with Crippen molar-refractivity contribution < 1.29 is 9.47 Å². The molecule has 0 aliphatic rings. The van der Waals surface area contributed by atoms with E-state index in [4.69, 9.17) is 9.47 Å². The molecule has 20 heavy (non-hydrogen) atoms. The van der Waals surface area contributed by atoms with Crippen molar-refractivity contribution in [2.75, 3.05) is 40.5 Å². The molecule has 0 aromatic heterocycles. The highest BCUT2D eigenvalue weighted by Crippen LogP contribution is 2.21. The molecule has 0 heterocycles. The first kappa shape index (κ1) is 17.6. The fourth-order valence-corrected chi connectivity index (χ4v) is 2.69. The van der Waals surface area contributed by atoms with Crippen LogP contribution in [-0.4, -0.2) is 40.5 Å². The quantitative estimate of drug-likeness (QED) is 0.625. The SMILES string of the molecule is COCCCC(CNCCOC)Cc1ccccc1Br. The van der Waals surface area contributed by atoms with Gasteiger partial charge in [0, 0.05) is 31.8 Å². The highest BCUT2D eigenvalue weighted by atomic mass is 79.9. The molecule has 3 nitrogen and oxygen atoms in total. The van der Waals surface area contributed by atoms with Crippen molar-refractivity contribution in [3.63, 3.8) is 0 Å². The minimum absolute atomic E-state index is 0.626. The van der Waals surface area contributed by atoms with Crippen molar-refractivity contribution in [1.82, 2.24) is 5.32 Å². The Morgan fingerprint density at radius 1 is 1.15 bits per heavy atom. The van der Waals surface area contributed by atoms with Crippen LogP contribution in [0, 0.1) is 5.92 Å². The third-order valence-electron chi connectivity index (χ3n) is 3.34. The number of ether oxygens (including phenoxy) is 2. The van der Waals surface area contributed by atoms with E-state index in [9.17, 15) is 0 Å². The second kappa shape index (κ2) is 11.3. The minimum Gasteiger partial charge on any atom is -0.385 e. The van der Waals surface area contributed by atoms with Gasteiger partial charge in [0.25, 0.3) is 0 Å². The second-order valence-electron chi connectivity index (χ2n) is 4.99. The van der Waals surface area contributed by atoms with E-state index in [-0.39, 0.29) is 0 Å². The number of hydrogen-bond acceptors (Lipinski definition) is 3. The zero-order valence-corrected chi connectivity index (χ0v) is 14.1. The Hall–Kier alpha value is -0.420. The molecule has 0 saturated carbocycles. The van der Waals surface area contributed by atoms with Crippen LogP contribution < -0.4 is 5.32 Å². The van der Waals surface area contributed by atoms with E-state index in [1.54, 1.807) is 14.2 Å². The highest BCUT2D eigenvalue weighted by Gasteiger charge is 2.11. The number of methoxy groups -OCH3 is 2. The molecule has 0 aliphatic heterocycles. The van der Waals surface area contributed by atoms with Crippen LogP contribution in [-0.2, 0) is 15.9 Å². The van der Waals surface area contributed by atoms with E-state index >= 15 is 0 Å². The molecule has 114 valence electrons. The molecule has 0 saturated heterocycles. The van der Waals surface area contributed by atoms with E-state index in [0.29, 0.717) is 5.92 Å². The lowest BCUT2D eigenvalue weighted by molar-refractivity contribution is 0.183. The summed E-state index contributed by atoms with van der Waals surface area (Å²) >= 11 is 3.63. The second-order valence-corrected chi connectivity index (χ2v) is 5.85. The molecule has 0 radical (unpaired) electrons. The third kappa shape index (κ3) is 7.39. The van der Waals surface area contributed by atoms with Gasteiger partial charge in [0.2, 0.25) is 0 Å². The molecule has 1 atom stereocenters. The molecule has 0 spiro atoms. The largest absolute Gasteiger partial charge is 0.385 e. The number of rotatable bonds is 11. The molecular weight excluding hydrogens is 318 g/mol. The van der Waals surface area contributed by atoms with E-state index < -0.39 is 0 Å². The van der Waals surface area contributed by atoms with Gasteiger partial charge in [-0.1, -0.05) is 34.1 Å². The lowest BCUT2D eigenvalue weighted by atomic mass is 9.95. The maximum Gasteiger partial charge on any atom is 0.0587 e. The lowest BCUT2D eigenvalue weighted by Crippen LogP contribution is -2.27. The summed E-state index contributed by atoms with van der Waals surface area (Å²) in [5.41, 5.74) is 1.38. The topological polar surface area (TPSA) is 30.5 Å². The highest BCUT2D eigenvalue weighted by molar-refractivity contribution is 9.10. The van der Waals surface area contributed by atoms with Crippen molar-refractivity contribution in [2.45, 2.75) is 19.3 Å². The van der Waals surface area contributed by atoms with E-state index in [0.717, 1.165) is 39.1 Å². The summed E-state index contributed by atoms with van der Waals surface area (Å²) in [6.45, 7) is 3.53. The molecule has 1 aromatic rings. The molecule has 0 bridgehead atoms. The molecular formula is C16H26BrNO2. The molecule has 1 N–H and O–H groups in total.